The summed E-state index contributed by atoms with van der Waals surface area (Å²) >= 11 is 3.10. The van der Waals surface area contributed by atoms with Gasteiger partial charge in [0.15, 0.2) is 6.29 Å². The summed E-state index contributed by atoms with van der Waals surface area (Å²) in [4.78, 5) is 0. The molecule has 0 atom stereocenters. The fourth-order valence-electron chi connectivity index (χ4n) is 1.72. The Hall–Kier alpha value is -1.23. The predicted molar refractivity (Wildman–Crippen MR) is 79.8 cm³/mol. The van der Waals surface area contributed by atoms with Crippen molar-refractivity contribution in [3.63, 3.8) is 0 Å². The molecule has 0 unspecified atom stereocenters. The number of benzene rings is 2. The van der Waals surface area contributed by atoms with Crippen LogP contribution in [0.3, 0.4) is 0 Å². The fraction of sp³-hybridized carbons (Fsp3) is 0.250. The second-order valence-electron chi connectivity index (χ2n) is 4.26. The molecular formula is C16H16BrFO2. The summed E-state index contributed by atoms with van der Waals surface area (Å²) in [6, 6.07) is 16.9. The number of rotatable bonds is 1. The van der Waals surface area contributed by atoms with Gasteiger partial charge in [-0.15, -0.1) is 0 Å². The molecule has 0 bridgehead atoms. The van der Waals surface area contributed by atoms with Gasteiger partial charge in [0.2, 0.25) is 0 Å². The minimum absolute atomic E-state index is 0.291. The lowest BCUT2D eigenvalue weighted by Crippen LogP contribution is -2.17. The van der Waals surface area contributed by atoms with Crippen LogP contribution < -0.4 is 0 Å². The molecule has 0 radical (unpaired) electrons. The summed E-state index contributed by atoms with van der Waals surface area (Å²) in [7, 11) is 0. The van der Waals surface area contributed by atoms with E-state index in [0.29, 0.717) is 17.7 Å². The summed E-state index contributed by atoms with van der Waals surface area (Å²) in [5.74, 6) is -0.291. The van der Waals surface area contributed by atoms with Crippen molar-refractivity contribution in [1.82, 2.24) is 0 Å². The highest BCUT2D eigenvalue weighted by Crippen LogP contribution is 2.25. The standard InChI is InChI=1S/C10H10BrFO2.C6H6/c11-8-3-2-7(6-9(8)12)10-13-4-1-5-14-10;1-2-4-6-5-3-1/h2-3,6,10H,1,4-5H2;1-6H. The molecule has 0 spiro atoms. The Bertz CT molecular complexity index is 486. The second-order valence-corrected chi connectivity index (χ2v) is 5.11. The van der Waals surface area contributed by atoms with Crippen molar-refractivity contribution in [2.24, 2.45) is 0 Å². The average molecular weight is 339 g/mol. The van der Waals surface area contributed by atoms with Gasteiger partial charge in [0, 0.05) is 5.56 Å². The molecule has 1 heterocycles. The van der Waals surface area contributed by atoms with Crippen molar-refractivity contribution in [2.75, 3.05) is 13.2 Å². The molecule has 1 aliphatic heterocycles. The van der Waals surface area contributed by atoms with Crippen LogP contribution in [0.2, 0.25) is 0 Å². The van der Waals surface area contributed by atoms with E-state index in [1.165, 1.54) is 6.07 Å². The van der Waals surface area contributed by atoms with Crippen molar-refractivity contribution in [3.8, 4) is 0 Å². The van der Waals surface area contributed by atoms with Crippen LogP contribution in [-0.2, 0) is 9.47 Å². The zero-order valence-electron chi connectivity index (χ0n) is 11.0. The van der Waals surface area contributed by atoms with E-state index in [2.05, 4.69) is 15.9 Å². The highest BCUT2D eigenvalue weighted by atomic mass is 79.9. The van der Waals surface area contributed by atoms with Crippen LogP contribution in [0.5, 0.6) is 0 Å². The van der Waals surface area contributed by atoms with Gasteiger partial charge in [-0.2, -0.15) is 0 Å². The van der Waals surface area contributed by atoms with Crippen LogP contribution in [0.4, 0.5) is 4.39 Å². The molecule has 1 saturated heterocycles. The molecule has 4 heteroatoms. The second kappa shape index (κ2) is 8.15. The largest absolute Gasteiger partial charge is 0.348 e. The average Bonchev–Trinajstić information content (AvgIpc) is 2.53. The molecule has 2 aromatic carbocycles. The molecule has 106 valence electrons. The first kappa shape index (κ1) is 15.2. The van der Waals surface area contributed by atoms with Gasteiger partial charge in [-0.05, 0) is 34.5 Å². The first-order valence-electron chi connectivity index (χ1n) is 6.45. The van der Waals surface area contributed by atoms with E-state index in [9.17, 15) is 4.39 Å². The molecule has 1 aliphatic rings. The summed E-state index contributed by atoms with van der Waals surface area (Å²) in [5, 5.41) is 0. The van der Waals surface area contributed by atoms with Gasteiger partial charge < -0.3 is 9.47 Å². The highest BCUT2D eigenvalue weighted by molar-refractivity contribution is 9.10. The van der Waals surface area contributed by atoms with Crippen molar-refractivity contribution in [2.45, 2.75) is 12.7 Å². The molecule has 3 rings (SSSR count). The maximum absolute atomic E-state index is 13.2. The van der Waals surface area contributed by atoms with Gasteiger partial charge in [0.1, 0.15) is 5.82 Å². The Morgan fingerprint density at radius 2 is 1.50 bits per heavy atom. The Morgan fingerprint density at radius 3 is 2.00 bits per heavy atom. The van der Waals surface area contributed by atoms with Crippen LogP contribution in [0.1, 0.15) is 18.3 Å². The SMILES string of the molecule is Fc1cc(C2OCCCO2)ccc1Br.c1ccccc1. The van der Waals surface area contributed by atoms with Crippen LogP contribution in [0.15, 0.2) is 59.1 Å². The van der Waals surface area contributed by atoms with E-state index >= 15 is 0 Å². The predicted octanol–water partition coefficient (Wildman–Crippen LogP) is 4.71. The smallest absolute Gasteiger partial charge is 0.183 e. The van der Waals surface area contributed by atoms with Gasteiger partial charge in [0.05, 0.1) is 17.7 Å². The van der Waals surface area contributed by atoms with E-state index in [1.54, 1.807) is 12.1 Å². The van der Waals surface area contributed by atoms with Crippen molar-refractivity contribution in [3.05, 3.63) is 70.5 Å². The van der Waals surface area contributed by atoms with Gasteiger partial charge in [-0.1, -0.05) is 42.5 Å². The Morgan fingerprint density at radius 1 is 0.950 bits per heavy atom. The molecule has 1 fully saturated rings. The Balaban J connectivity index is 0.000000205. The number of hydrogen-bond acceptors (Lipinski definition) is 2. The monoisotopic (exact) mass is 338 g/mol. The number of hydrogen-bond donors (Lipinski definition) is 0. The zero-order valence-corrected chi connectivity index (χ0v) is 12.6. The maximum Gasteiger partial charge on any atom is 0.183 e. The van der Waals surface area contributed by atoms with Crippen LogP contribution in [0, 0.1) is 5.82 Å². The molecule has 20 heavy (non-hydrogen) atoms. The molecule has 0 aliphatic carbocycles. The number of halogens is 2. The molecule has 2 nitrogen and oxygen atoms in total. The third-order valence-corrected chi connectivity index (χ3v) is 3.35. The van der Waals surface area contributed by atoms with E-state index in [-0.39, 0.29) is 5.82 Å². The molecular weight excluding hydrogens is 323 g/mol. The Kier molecular flexibility index (Phi) is 6.18. The van der Waals surface area contributed by atoms with Crippen molar-refractivity contribution < 1.29 is 13.9 Å². The van der Waals surface area contributed by atoms with Gasteiger partial charge in [-0.25, -0.2) is 4.39 Å². The van der Waals surface area contributed by atoms with E-state index in [1.807, 2.05) is 36.4 Å². The van der Waals surface area contributed by atoms with E-state index < -0.39 is 6.29 Å². The van der Waals surface area contributed by atoms with Crippen molar-refractivity contribution in [1.29, 1.82) is 0 Å². The van der Waals surface area contributed by atoms with Crippen molar-refractivity contribution >= 4 is 15.9 Å². The molecule has 0 amide bonds. The zero-order chi connectivity index (χ0) is 14.2. The van der Waals surface area contributed by atoms with E-state index in [4.69, 9.17) is 9.47 Å². The van der Waals surface area contributed by atoms with Crippen LogP contribution in [-0.4, -0.2) is 13.2 Å². The molecule has 0 aromatic heterocycles. The minimum atomic E-state index is -0.411. The Labute approximate surface area is 126 Å². The molecule has 2 aromatic rings. The third kappa shape index (κ3) is 4.71. The lowest BCUT2D eigenvalue weighted by atomic mass is 10.2. The molecule has 0 N–H and O–H groups in total. The van der Waals surface area contributed by atoms with Crippen LogP contribution in [0.25, 0.3) is 0 Å². The normalized spacial score (nSPS) is 15.3. The first-order chi connectivity index (χ1) is 9.77. The quantitative estimate of drug-likeness (QED) is 0.749. The fourth-order valence-corrected chi connectivity index (χ4v) is 1.97. The molecule has 0 saturated carbocycles. The minimum Gasteiger partial charge on any atom is -0.348 e. The lowest BCUT2D eigenvalue weighted by Gasteiger charge is -2.23. The van der Waals surface area contributed by atoms with Crippen LogP contribution >= 0.6 is 15.9 Å². The van der Waals surface area contributed by atoms with Gasteiger partial charge in [-0.3, -0.25) is 0 Å². The highest BCUT2D eigenvalue weighted by Gasteiger charge is 2.17. The third-order valence-electron chi connectivity index (χ3n) is 2.71. The van der Waals surface area contributed by atoms with E-state index in [0.717, 1.165) is 12.0 Å². The summed E-state index contributed by atoms with van der Waals surface area (Å²) in [6.45, 7) is 1.34. The summed E-state index contributed by atoms with van der Waals surface area (Å²) in [5.41, 5.74) is 0.727. The first-order valence-corrected chi connectivity index (χ1v) is 7.25. The van der Waals surface area contributed by atoms with Gasteiger partial charge in [0.25, 0.3) is 0 Å². The number of ether oxygens (including phenoxy) is 2. The summed E-state index contributed by atoms with van der Waals surface area (Å²) < 4.78 is 24.3. The lowest BCUT2D eigenvalue weighted by molar-refractivity contribution is -0.183. The van der Waals surface area contributed by atoms with Gasteiger partial charge >= 0.3 is 0 Å². The maximum atomic E-state index is 13.2. The summed E-state index contributed by atoms with van der Waals surface area (Å²) in [6.07, 6.45) is 0.488. The topological polar surface area (TPSA) is 18.5 Å².